The summed E-state index contributed by atoms with van der Waals surface area (Å²) in [7, 11) is 0. The molecule has 0 aliphatic heterocycles. The van der Waals surface area contributed by atoms with Crippen LogP contribution in [0.3, 0.4) is 0 Å². The summed E-state index contributed by atoms with van der Waals surface area (Å²) in [6.45, 7) is 4.11. The van der Waals surface area contributed by atoms with Crippen LogP contribution >= 0.6 is 22.6 Å². The summed E-state index contributed by atoms with van der Waals surface area (Å²) in [6.07, 6.45) is 3.95. The van der Waals surface area contributed by atoms with Crippen molar-refractivity contribution in [2.45, 2.75) is 13.8 Å². The molecule has 58 valence electrons. The first-order valence-electron chi connectivity index (χ1n) is 3.38. The molecule has 0 aromatic heterocycles. The zero-order valence-corrected chi connectivity index (χ0v) is 8.77. The smallest absolute Gasteiger partial charge is 0.0778 e. The lowest BCUT2D eigenvalue weighted by Gasteiger charge is -1.96. The molecule has 11 heavy (non-hydrogen) atoms. The van der Waals surface area contributed by atoms with Crippen LogP contribution in [0.25, 0.3) is 0 Å². The molecule has 0 spiro atoms. The fraction of sp³-hybridized carbons (Fsp3) is 0.222. The molecule has 0 unspecified atom stereocenters. The topological polar surface area (TPSA) is 26.0 Å². The van der Waals surface area contributed by atoms with E-state index in [1.165, 1.54) is 11.1 Å². The van der Waals surface area contributed by atoms with Gasteiger partial charge in [0.05, 0.1) is 9.28 Å². The van der Waals surface area contributed by atoms with Gasteiger partial charge in [0.1, 0.15) is 0 Å². The van der Waals surface area contributed by atoms with Crippen molar-refractivity contribution < 1.29 is 0 Å². The van der Waals surface area contributed by atoms with Crippen molar-refractivity contribution in [1.82, 2.24) is 0 Å². The molecule has 0 fully saturated rings. The van der Waals surface area contributed by atoms with E-state index in [1.807, 2.05) is 12.2 Å². The van der Waals surface area contributed by atoms with Crippen LogP contribution in [0.15, 0.2) is 38.3 Å². The Bertz CT molecular complexity index is 302. The van der Waals surface area contributed by atoms with E-state index in [0.29, 0.717) is 0 Å². The molecule has 0 aromatic carbocycles. The third kappa shape index (κ3) is 1.98. The van der Waals surface area contributed by atoms with Gasteiger partial charge in [0.25, 0.3) is 0 Å². The Morgan fingerprint density at radius 2 is 2.00 bits per heavy atom. The first-order chi connectivity index (χ1) is 5.11. The highest BCUT2D eigenvalue weighted by atomic mass is 127. The predicted octanol–water partition coefficient (Wildman–Crippen LogP) is 2.65. The van der Waals surface area contributed by atoms with Crippen LogP contribution in [0.2, 0.25) is 0 Å². The van der Waals surface area contributed by atoms with Crippen LogP contribution in [-0.2, 0) is 0 Å². The number of hydrogen-bond acceptors (Lipinski definition) is 1. The van der Waals surface area contributed by atoms with E-state index in [1.54, 1.807) is 0 Å². The van der Waals surface area contributed by atoms with E-state index in [0.717, 1.165) is 9.28 Å². The summed E-state index contributed by atoms with van der Waals surface area (Å²) in [5, 5.41) is 0. The van der Waals surface area contributed by atoms with Crippen molar-refractivity contribution in [1.29, 1.82) is 0 Å². The van der Waals surface area contributed by atoms with Gasteiger partial charge < -0.3 is 5.73 Å². The Morgan fingerprint density at radius 1 is 1.36 bits per heavy atom. The number of allylic oxidation sites excluding steroid dienone is 4. The molecule has 0 atom stereocenters. The van der Waals surface area contributed by atoms with Crippen molar-refractivity contribution in [2.75, 3.05) is 0 Å². The quantitative estimate of drug-likeness (QED) is 0.525. The van der Waals surface area contributed by atoms with E-state index >= 15 is 0 Å². The second-order valence-electron chi connectivity index (χ2n) is 2.57. The summed E-state index contributed by atoms with van der Waals surface area (Å²) in [4.78, 5) is 0. The van der Waals surface area contributed by atoms with Gasteiger partial charge in [-0.05, 0) is 59.7 Å². The standard InChI is InChI=1S/C9H10IN/c1-6-3-4-8(10)9(11)5-7(6)2/h3,5H,11H2,1-2H3. The summed E-state index contributed by atoms with van der Waals surface area (Å²) >= 11 is 2.18. The first-order valence-corrected chi connectivity index (χ1v) is 4.46. The molecule has 0 heterocycles. The molecule has 2 heteroatoms. The normalized spacial score (nSPS) is 17.7. The van der Waals surface area contributed by atoms with Crippen molar-refractivity contribution in [3.05, 3.63) is 38.3 Å². The highest BCUT2D eigenvalue weighted by Gasteiger charge is 1.99. The fourth-order valence-electron chi connectivity index (χ4n) is 0.779. The van der Waals surface area contributed by atoms with Gasteiger partial charge in [-0.25, -0.2) is 0 Å². The Hall–Kier alpha value is -0.470. The molecule has 0 aromatic rings. The minimum absolute atomic E-state index is 0.802. The monoisotopic (exact) mass is 259 g/mol. The third-order valence-corrected chi connectivity index (χ3v) is 2.60. The van der Waals surface area contributed by atoms with Crippen LogP contribution in [0.4, 0.5) is 0 Å². The van der Waals surface area contributed by atoms with Crippen LogP contribution in [0.1, 0.15) is 13.8 Å². The molecule has 2 N–H and O–H groups in total. The first kappa shape index (κ1) is 8.62. The van der Waals surface area contributed by atoms with E-state index in [4.69, 9.17) is 5.73 Å². The van der Waals surface area contributed by atoms with Gasteiger partial charge >= 0.3 is 0 Å². The minimum atomic E-state index is 0.802. The molecule has 0 bridgehead atoms. The molecule has 1 aliphatic rings. The lowest BCUT2D eigenvalue weighted by molar-refractivity contribution is 1.34. The molecule has 0 radical (unpaired) electrons. The zero-order chi connectivity index (χ0) is 8.43. The lowest BCUT2D eigenvalue weighted by atomic mass is 10.1. The van der Waals surface area contributed by atoms with Gasteiger partial charge in [0.15, 0.2) is 0 Å². The highest BCUT2D eigenvalue weighted by molar-refractivity contribution is 14.1. The van der Waals surface area contributed by atoms with Gasteiger partial charge in [-0.2, -0.15) is 0 Å². The molecular weight excluding hydrogens is 249 g/mol. The molecule has 0 saturated carbocycles. The molecule has 0 saturated heterocycles. The maximum absolute atomic E-state index is 5.73. The maximum atomic E-state index is 5.73. The SMILES string of the molecule is CC1=C(C)C=C(N)C(I)=C=C1. The minimum Gasteiger partial charge on any atom is -0.397 e. The van der Waals surface area contributed by atoms with Crippen LogP contribution in [-0.4, -0.2) is 0 Å². The molecular formula is C9H10IN. The van der Waals surface area contributed by atoms with E-state index < -0.39 is 0 Å². The largest absolute Gasteiger partial charge is 0.397 e. The number of nitrogens with two attached hydrogens (primary N) is 1. The number of hydrogen-bond donors (Lipinski definition) is 1. The zero-order valence-electron chi connectivity index (χ0n) is 6.61. The van der Waals surface area contributed by atoms with Crippen molar-refractivity contribution >= 4 is 22.6 Å². The van der Waals surface area contributed by atoms with Gasteiger partial charge in [0, 0.05) is 0 Å². The van der Waals surface area contributed by atoms with E-state index in [-0.39, 0.29) is 0 Å². The number of halogens is 1. The second-order valence-corrected chi connectivity index (χ2v) is 3.65. The van der Waals surface area contributed by atoms with Crippen LogP contribution < -0.4 is 5.73 Å². The van der Waals surface area contributed by atoms with E-state index in [9.17, 15) is 0 Å². The average molecular weight is 259 g/mol. The Balaban J connectivity index is 3.23. The summed E-state index contributed by atoms with van der Waals surface area (Å²) in [6, 6.07) is 0. The van der Waals surface area contributed by atoms with Crippen LogP contribution in [0.5, 0.6) is 0 Å². The molecule has 1 aliphatic carbocycles. The summed E-state index contributed by atoms with van der Waals surface area (Å²) in [5.74, 6) is 0. The molecule has 0 amide bonds. The maximum Gasteiger partial charge on any atom is 0.0778 e. The van der Waals surface area contributed by atoms with Crippen molar-refractivity contribution in [3.8, 4) is 0 Å². The molecule has 1 rings (SSSR count). The molecule has 1 nitrogen and oxygen atoms in total. The van der Waals surface area contributed by atoms with Crippen molar-refractivity contribution in [2.24, 2.45) is 5.73 Å². The summed E-state index contributed by atoms with van der Waals surface area (Å²) in [5.41, 5.74) is 12.1. The second kappa shape index (κ2) is 3.28. The van der Waals surface area contributed by atoms with E-state index in [2.05, 4.69) is 42.2 Å². The van der Waals surface area contributed by atoms with Crippen LogP contribution in [0, 0.1) is 0 Å². The number of rotatable bonds is 0. The van der Waals surface area contributed by atoms with Gasteiger partial charge in [-0.15, -0.1) is 5.73 Å². The average Bonchev–Trinajstić information content (AvgIpc) is 2.05. The predicted molar refractivity (Wildman–Crippen MR) is 56.3 cm³/mol. The Morgan fingerprint density at radius 3 is 2.64 bits per heavy atom. The van der Waals surface area contributed by atoms with Crippen molar-refractivity contribution in [3.63, 3.8) is 0 Å². The third-order valence-electron chi connectivity index (χ3n) is 1.66. The lowest BCUT2D eigenvalue weighted by Crippen LogP contribution is -1.95. The van der Waals surface area contributed by atoms with Gasteiger partial charge in [0.2, 0.25) is 0 Å². The summed E-state index contributed by atoms with van der Waals surface area (Å²) < 4.78 is 0.985. The Labute approximate surface area is 80.5 Å². The highest BCUT2D eigenvalue weighted by Crippen LogP contribution is 2.18. The fourth-order valence-corrected chi connectivity index (χ4v) is 1.09. The Kier molecular flexibility index (Phi) is 2.58. The van der Waals surface area contributed by atoms with Gasteiger partial charge in [-0.3, -0.25) is 0 Å². The van der Waals surface area contributed by atoms with Gasteiger partial charge in [-0.1, -0.05) is 0 Å².